The van der Waals surface area contributed by atoms with Crippen LogP contribution in [0.25, 0.3) is 33.3 Å². The molecule has 6 heteroatoms. The van der Waals surface area contributed by atoms with Crippen LogP contribution in [0.3, 0.4) is 0 Å². The summed E-state index contributed by atoms with van der Waals surface area (Å²) < 4.78 is 11.1. The third-order valence-corrected chi connectivity index (χ3v) is 11.0. The van der Waals surface area contributed by atoms with E-state index in [-0.39, 0.29) is 26.5 Å². The largest absolute Gasteiger partial charge is 2.00 e. The number of allylic oxidation sites excluding steroid dienone is 2. The monoisotopic (exact) mass is 885 g/mol. The Morgan fingerprint density at radius 2 is 1.72 bits per heavy atom. The van der Waals surface area contributed by atoms with Crippen molar-refractivity contribution in [3.63, 3.8) is 0 Å². The van der Waals surface area contributed by atoms with Gasteiger partial charge >= 0.3 is 21.1 Å². The van der Waals surface area contributed by atoms with Crippen molar-refractivity contribution in [2.75, 3.05) is 0 Å². The van der Waals surface area contributed by atoms with Crippen molar-refractivity contribution in [1.82, 2.24) is 19.3 Å². The number of nitrogens with zero attached hydrogens (tertiary/aromatic N) is 4. The summed E-state index contributed by atoms with van der Waals surface area (Å²) in [7, 11) is 0. The van der Waals surface area contributed by atoms with Gasteiger partial charge in [-0.1, -0.05) is 97.2 Å². The van der Waals surface area contributed by atoms with Crippen LogP contribution in [0.4, 0.5) is 0 Å². The zero-order valence-electron chi connectivity index (χ0n) is 33.1. The molecule has 278 valence electrons. The van der Waals surface area contributed by atoms with Crippen molar-refractivity contribution in [2.45, 2.75) is 112 Å². The molecule has 0 N–H and O–H groups in total. The maximum atomic E-state index is 6.76. The third kappa shape index (κ3) is 7.57. The van der Waals surface area contributed by atoms with E-state index >= 15 is 0 Å². The van der Waals surface area contributed by atoms with Crippen molar-refractivity contribution in [3.05, 3.63) is 119 Å². The molecule has 53 heavy (non-hydrogen) atoms. The number of ether oxygens (including phenoxy) is 1. The van der Waals surface area contributed by atoms with Gasteiger partial charge in [-0.25, -0.2) is 4.98 Å². The second kappa shape index (κ2) is 15.4. The van der Waals surface area contributed by atoms with Crippen molar-refractivity contribution in [1.29, 1.82) is 0 Å². The number of hydrogen-bond acceptors (Lipinski definition) is 3. The van der Waals surface area contributed by atoms with Crippen LogP contribution in [-0.4, -0.2) is 19.3 Å². The van der Waals surface area contributed by atoms with Crippen molar-refractivity contribution in [2.24, 2.45) is 11.8 Å². The first-order chi connectivity index (χ1) is 24.8. The third-order valence-electron chi connectivity index (χ3n) is 11.0. The zero-order chi connectivity index (χ0) is 36.9. The molecule has 6 aromatic rings. The van der Waals surface area contributed by atoms with Gasteiger partial charge in [0.05, 0.1) is 5.69 Å². The molecule has 5 nitrogen and oxygen atoms in total. The Hall–Kier alpha value is -3.95. The molecule has 0 saturated carbocycles. The smallest absolute Gasteiger partial charge is 0.509 e. The minimum Gasteiger partial charge on any atom is -0.509 e. The molecule has 1 aliphatic rings. The standard InChI is InChI=1S/C47H54N4O.Pt/c1-11-12-16-42-46(45-31(5)22-30(4)23-32(45)6)33(7)49-51(42)36-25-35(47(8,9)10)26-38(27-36)52-37-18-19-40-39-15-13-14-17-41(39)50(43(40)28-37)44-24-34(29(2)3)20-21-48-44;/h13-15,17-22,24-26,29-30,32,45H,11-12,16,23H2,1-10H3;/q-2;+2/t30-,32-,45?;/m0./s1. The molecule has 0 saturated heterocycles. The molecule has 1 unspecified atom stereocenters. The van der Waals surface area contributed by atoms with Gasteiger partial charge in [0.2, 0.25) is 0 Å². The summed E-state index contributed by atoms with van der Waals surface area (Å²) in [5.74, 6) is 4.12. The fourth-order valence-electron chi connectivity index (χ4n) is 8.42. The van der Waals surface area contributed by atoms with E-state index in [9.17, 15) is 0 Å². The van der Waals surface area contributed by atoms with E-state index in [4.69, 9.17) is 14.8 Å². The number of aromatic nitrogens is 4. The average Bonchev–Trinajstić information content (AvgIpc) is 3.60. The van der Waals surface area contributed by atoms with Gasteiger partial charge in [0.1, 0.15) is 5.82 Å². The van der Waals surface area contributed by atoms with Crippen molar-refractivity contribution >= 4 is 21.8 Å². The number of pyridine rings is 1. The molecule has 3 aromatic heterocycles. The maximum absolute atomic E-state index is 6.76. The van der Waals surface area contributed by atoms with Gasteiger partial charge < -0.3 is 9.30 Å². The molecule has 3 atom stereocenters. The van der Waals surface area contributed by atoms with E-state index in [0.29, 0.717) is 35.2 Å². The number of hydrogen-bond donors (Lipinski definition) is 0. The first-order valence-electron chi connectivity index (χ1n) is 19.3. The number of rotatable bonds is 9. The van der Waals surface area contributed by atoms with Crippen LogP contribution in [0.2, 0.25) is 0 Å². The number of aryl methyl sites for hydroxylation is 1. The van der Waals surface area contributed by atoms with Gasteiger partial charge in [0.15, 0.2) is 0 Å². The number of benzene rings is 3. The maximum Gasteiger partial charge on any atom is 2.00 e. The van der Waals surface area contributed by atoms with Crippen LogP contribution in [0.5, 0.6) is 11.5 Å². The van der Waals surface area contributed by atoms with Gasteiger partial charge in [-0.15, -0.1) is 41.3 Å². The van der Waals surface area contributed by atoms with Crippen LogP contribution in [0.1, 0.15) is 121 Å². The first kappa shape index (κ1) is 38.8. The number of para-hydroxylation sites is 1. The van der Waals surface area contributed by atoms with E-state index in [1.165, 1.54) is 34.4 Å². The van der Waals surface area contributed by atoms with Gasteiger partial charge in [-0.3, -0.25) is 4.68 Å². The van der Waals surface area contributed by atoms with Crippen molar-refractivity contribution < 1.29 is 25.8 Å². The summed E-state index contributed by atoms with van der Waals surface area (Å²) >= 11 is 0. The second-order valence-electron chi connectivity index (χ2n) is 16.5. The van der Waals surface area contributed by atoms with Gasteiger partial charge in [0, 0.05) is 40.4 Å². The minimum absolute atomic E-state index is 0. The van der Waals surface area contributed by atoms with Crippen LogP contribution in [0, 0.1) is 30.9 Å². The Morgan fingerprint density at radius 1 is 0.943 bits per heavy atom. The first-order valence-corrected chi connectivity index (χ1v) is 19.3. The van der Waals surface area contributed by atoms with Gasteiger partial charge in [-0.2, -0.15) is 11.2 Å². The minimum atomic E-state index is -0.114. The quantitative estimate of drug-likeness (QED) is 0.107. The second-order valence-corrected chi connectivity index (χ2v) is 16.5. The molecule has 0 aliphatic heterocycles. The Balaban J connectivity index is 0.00000481. The van der Waals surface area contributed by atoms with Crippen LogP contribution < -0.4 is 4.74 Å². The predicted octanol–water partition coefficient (Wildman–Crippen LogP) is 12.5. The Labute approximate surface area is 331 Å². The Bertz CT molecular complexity index is 2280. The van der Waals surface area contributed by atoms with Crippen molar-refractivity contribution in [3.8, 4) is 23.0 Å². The molecule has 7 rings (SSSR count). The molecule has 0 bridgehead atoms. The van der Waals surface area contributed by atoms with Crippen LogP contribution in [-0.2, 0) is 32.9 Å². The molecular formula is C47H54N4OPt. The summed E-state index contributed by atoms with van der Waals surface area (Å²) in [6.45, 7) is 22.7. The van der Waals surface area contributed by atoms with Gasteiger partial charge in [0.25, 0.3) is 0 Å². The molecule has 0 amide bonds. The fraction of sp³-hybridized carbons (Fsp3) is 0.404. The Kier molecular flexibility index (Phi) is 11.3. The van der Waals surface area contributed by atoms with E-state index < -0.39 is 0 Å². The normalized spacial score (nSPS) is 17.7. The molecule has 3 aromatic carbocycles. The van der Waals surface area contributed by atoms with E-state index in [1.54, 1.807) is 0 Å². The fourth-order valence-corrected chi connectivity index (χ4v) is 8.42. The predicted molar refractivity (Wildman–Crippen MR) is 215 cm³/mol. The molecule has 3 heterocycles. The van der Waals surface area contributed by atoms with E-state index in [2.05, 4.69) is 151 Å². The topological polar surface area (TPSA) is 44.9 Å². The number of unbranched alkanes of at least 4 members (excludes halogenated alkanes) is 1. The molecule has 1 aliphatic carbocycles. The summed E-state index contributed by atoms with van der Waals surface area (Å²) in [5.41, 5.74) is 10.6. The average molecular weight is 886 g/mol. The van der Waals surface area contributed by atoms with Crippen LogP contribution in [0.15, 0.2) is 78.5 Å². The Morgan fingerprint density at radius 3 is 2.43 bits per heavy atom. The molecule has 0 fully saturated rings. The molecular weight excluding hydrogens is 832 g/mol. The summed E-state index contributed by atoms with van der Waals surface area (Å²) in [6, 6.07) is 28.7. The molecule has 0 radical (unpaired) electrons. The summed E-state index contributed by atoms with van der Waals surface area (Å²) in [6.07, 6.45) is 8.80. The van der Waals surface area contributed by atoms with E-state index in [1.807, 2.05) is 12.3 Å². The number of fused-ring (bicyclic) bond motifs is 3. The molecule has 0 spiro atoms. The SMILES string of the molecule is CCCCc1c(C2C(C)=C[C@H](C)C[C@@H]2C)c(C)nn1-c1[c-]c(Oc2[c-]c3c(cc2)c2ccccc2n3-c2cc(C(C)C)ccn2)cc(C(C)(C)C)c1.[Pt+2]. The van der Waals surface area contributed by atoms with Gasteiger partial charge in [-0.05, 0) is 91.1 Å². The van der Waals surface area contributed by atoms with Crippen LogP contribution >= 0.6 is 0 Å². The zero-order valence-corrected chi connectivity index (χ0v) is 35.4. The summed E-state index contributed by atoms with van der Waals surface area (Å²) in [4.78, 5) is 4.83. The van der Waals surface area contributed by atoms with E-state index in [0.717, 1.165) is 58.3 Å². The summed E-state index contributed by atoms with van der Waals surface area (Å²) in [5, 5.41) is 7.56.